The third-order valence-electron chi connectivity index (χ3n) is 2.75. The lowest BCUT2D eigenvalue weighted by molar-refractivity contribution is 0.0940. The van der Waals surface area contributed by atoms with Gasteiger partial charge in [-0.25, -0.2) is 4.98 Å². The summed E-state index contributed by atoms with van der Waals surface area (Å²) in [7, 11) is 0. The highest BCUT2D eigenvalue weighted by Crippen LogP contribution is 2.09. The van der Waals surface area contributed by atoms with Crippen molar-refractivity contribution >= 4 is 21.8 Å². The molecule has 1 heterocycles. The van der Waals surface area contributed by atoms with Crippen molar-refractivity contribution in [1.29, 1.82) is 0 Å². The summed E-state index contributed by atoms with van der Waals surface area (Å²) in [5.74, 6) is -0.0773. The zero-order valence-electron chi connectivity index (χ0n) is 10.6. The number of hydrogen-bond donors (Lipinski definition) is 1. The molecule has 0 radical (unpaired) electrons. The molecule has 1 aromatic carbocycles. The van der Waals surface area contributed by atoms with Crippen LogP contribution in [0, 0.1) is 0 Å². The minimum Gasteiger partial charge on any atom is -0.349 e. The van der Waals surface area contributed by atoms with Crippen molar-refractivity contribution in [2.24, 2.45) is 0 Å². The molecule has 3 nitrogen and oxygen atoms in total. The van der Waals surface area contributed by atoms with Crippen LogP contribution in [0.1, 0.15) is 22.8 Å². The van der Waals surface area contributed by atoms with Gasteiger partial charge in [0.2, 0.25) is 0 Å². The van der Waals surface area contributed by atoms with E-state index in [-0.39, 0.29) is 11.9 Å². The van der Waals surface area contributed by atoms with Crippen LogP contribution >= 0.6 is 15.9 Å². The molecule has 19 heavy (non-hydrogen) atoms. The largest absolute Gasteiger partial charge is 0.349 e. The summed E-state index contributed by atoms with van der Waals surface area (Å²) in [6, 6.07) is 13.6. The van der Waals surface area contributed by atoms with Gasteiger partial charge in [-0.3, -0.25) is 4.79 Å². The van der Waals surface area contributed by atoms with E-state index in [1.54, 1.807) is 18.3 Å². The Morgan fingerprint density at radius 2 is 2.05 bits per heavy atom. The van der Waals surface area contributed by atoms with Crippen LogP contribution < -0.4 is 5.32 Å². The quantitative estimate of drug-likeness (QED) is 0.879. The van der Waals surface area contributed by atoms with E-state index in [4.69, 9.17) is 0 Å². The van der Waals surface area contributed by atoms with Crippen LogP contribution in [0.5, 0.6) is 0 Å². The highest BCUT2D eigenvalue weighted by molar-refractivity contribution is 9.10. The number of halogens is 1. The molecule has 1 atom stereocenters. The average molecular weight is 319 g/mol. The molecule has 1 amide bonds. The number of aromatic nitrogens is 1. The summed E-state index contributed by atoms with van der Waals surface area (Å²) in [4.78, 5) is 16.0. The number of carbonyl (C=O) groups excluding carboxylic acids is 1. The fraction of sp³-hybridized carbons (Fsp3) is 0.200. The molecule has 0 bridgehead atoms. The summed E-state index contributed by atoms with van der Waals surface area (Å²) in [5, 5.41) is 2.98. The molecule has 1 unspecified atom stereocenters. The second-order valence-electron chi connectivity index (χ2n) is 4.43. The Hall–Kier alpha value is -1.68. The van der Waals surface area contributed by atoms with Gasteiger partial charge in [0.05, 0.1) is 0 Å². The maximum absolute atomic E-state index is 12.0. The zero-order valence-corrected chi connectivity index (χ0v) is 12.2. The molecule has 1 N–H and O–H groups in total. The van der Waals surface area contributed by atoms with Crippen molar-refractivity contribution in [2.45, 2.75) is 19.4 Å². The van der Waals surface area contributed by atoms with Gasteiger partial charge < -0.3 is 5.32 Å². The molecule has 0 saturated carbocycles. The summed E-state index contributed by atoms with van der Waals surface area (Å²) in [6.45, 7) is 2.00. The van der Waals surface area contributed by atoms with Gasteiger partial charge in [0.15, 0.2) is 0 Å². The first-order valence-corrected chi connectivity index (χ1v) is 6.91. The molecule has 0 aliphatic heterocycles. The average Bonchev–Trinajstić information content (AvgIpc) is 2.39. The van der Waals surface area contributed by atoms with E-state index in [0.717, 1.165) is 6.42 Å². The first kappa shape index (κ1) is 13.7. The van der Waals surface area contributed by atoms with Crippen LogP contribution in [0.25, 0.3) is 0 Å². The summed E-state index contributed by atoms with van der Waals surface area (Å²) in [6.07, 6.45) is 2.43. The lowest BCUT2D eigenvalue weighted by atomic mass is 10.1. The summed E-state index contributed by atoms with van der Waals surface area (Å²) < 4.78 is 0.663. The highest BCUT2D eigenvalue weighted by Gasteiger charge is 2.10. The molecule has 2 rings (SSSR count). The monoisotopic (exact) mass is 318 g/mol. The van der Waals surface area contributed by atoms with Crippen LogP contribution in [-0.2, 0) is 6.42 Å². The Balaban J connectivity index is 1.95. The summed E-state index contributed by atoms with van der Waals surface area (Å²) >= 11 is 3.26. The van der Waals surface area contributed by atoms with Gasteiger partial charge >= 0.3 is 0 Å². The molecule has 2 aromatic rings. The van der Waals surface area contributed by atoms with E-state index in [9.17, 15) is 4.79 Å². The van der Waals surface area contributed by atoms with Gasteiger partial charge in [-0.05, 0) is 47.0 Å². The topological polar surface area (TPSA) is 42.0 Å². The predicted octanol–water partition coefficient (Wildman–Crippen LogP) is 3.21. The van der Waals surface area contributed by atoms with Gasteiger partial charge in [-0.1, -0.05) is 30.3 Å². The number of amides is 1. The van der Waals surface area contributed by atoms with E-state index in [1.165, 1.54) is 5.56 Å². The number of benzene rings is 1. The van der Waals surface area contributed by atoms with Crippen molar-refractivity contribution in [3.63, 3.8) is 0 Å². The minimum absolute atomic E-state index is 0.0773. The van der Waals surface area contributed by atoms with Crippen LogP contribution in [-0.4, -0.2) is 16.9 Å². The lowest BCUT2D eigenvalue weighted by Crippen LogP contribution is -2.34. The Bertz CT molecular complexity index is 557. The molecule has 0 saturated heterocycles. The molecule has 0 spiro atoms. The molecule has 0 aliphatic rings. The number of rotatable bonds is 4. The molecular formula is C15H15BrN2O. The minimum atomic E-state index is -0.0773. The third kappa shape index (κ3) is 4.17. The molecular weight excluding hydrogens is 304 g/mol. The Morgan fingerprint density at radius 1 is 1.32 bits per heavy atom. The van der Waals surface area contributed by atoms with Gasteiger partial charge in [-0.15, -0.1) is 0 Å². The Kier molecular flexibility index (Phi) is 4.68. The van der Waals surface area contributed by atoms with Crippen LogP contribution in [0.15, 0.2) is 53.3 Å². The zero-order chi connectivity index (χ0) is 13.7. The molecule has 98 valence electrons. The van der Waals surface area contributed by atoms with Crippen LogP contribution in [0.2, 0.25) is 0 Å². The van der Waals surface area contributed by atoms with Crippen molar-refractivity contribution in [3.8, 4) is 0 Å². The van der Waals surface area contributed by atoms with E-state index in [2.05, 4.69) is 38.4 Å². The number of hydrogen-bond acceptors (Lipinski definition) is 2. The number of nitrogens with zero attached hydrogens (tertiary/aromatic N) is 1. The fourth-order valence-electron chi connectivity index (χ4n) is 1.87. The maximum atomic E-state index is 12.0. The summed E-state index contributed by atoms with van der Waals surface area (Å²) in [5.41, 5.74) is 1.83. The fourth-order valence-corrected chi connectivity index (χ4v) is 2.23. The SMILES string of the molecule is CC(Cc1ccccc1)NC(=O)c1ccnc(Br)c1. The molecule has 1 aromatic heterocycles. The van der Waals surface area contributed by atoms with Crippen LogP contribution in [0.3, 0.4) is 0 Å². The molecule has 0 aliphatic carbocycles. The standard InChI is InChI=1S/C15H15BrN2O/c1-11(9-12-5-3-2-4-6-12)18-15(19)13-7-8-17-14(16)10-13/h2-8,10-11H,9H2,1H3,(H,18,19). The predicted molar refractivity (Wildman–Crippen MR) is 79.0 cm³/mol. The molecule has 0 fully saturated rings. The Labute approximate surface area is 121 Å². The van der Waals surface area contributed by atoms with E-state index < -0.39 is 0 Å². The molecule has 4 heteroatoms. The van der Waals surface area contributed by atoms with Crippen molar-refractivity contribution in [2.75, 3.05) is 0 Å². The van der Waals surface area contributed by atoms with Crippen molar-refractivity contribution in [3.05, 3.63) is 64.4 Å². The van der Waals surface area contributed by atoms with Gasteiger partial charge in [0.25, 0.3) is 5.91 Å². The van der Waals surface area contributed by atoms with E-state index >= 15 is 0 Å². The normalized spacial score (nSPS) is 11.9. The number of nitrogens with one attached hydrogen (secondary N) is 1. The second-order valence-corrected chi connectivity index (χ2v) is 5.24. The first-order valence-electron chi connectivity index (χ1n) is 6.11. The lowest BCUT2D eigenvalue weighted by Gasteiger charge is -2.14. The van der Waals surface area contributed by atoms with E-state index in [1.807, 2.05) is 25.1 Å². The smallest absolute Gasteiger partial charge is 0.251 e. The van der Waals surface area contributed by atoms with Gasteiger partial charge in [0.1, 0.15) is 4.60 Å². The third-order valence-corrected chi connectivity index (χ3v) is 3.18. The number of carbonyl (C=O) groups is 1. The van der Waals surface area contributed by atoms with Gasteiger partial charge in [-0.2, -0.15) is 0 Å². The highest BCUT2D eigenvalue weighted by atomic mass is 79.9. The first-order chi connectivity index (χ1) is 9.15. The van der Waals surface area contributed by atoms with Gasteiger partial charge in [0, 0.05) is 17.8 Å². The van der Waals surface area contributed by atoms with E-state index in [0.29, 0.717) is 10.2 Å². The Morgan fingerprint density at radius 3 is 2.74 bits per heavy atom. The van der Waals surface area contributed by atoms with Crippen LogP contribution in [0.4, 0.5) is 0 Å². The van der Waals surface area contributed by atoms with Crippen molar-refractivity contribution < 1.29 is 4.79 Å². The van der Waals surface area contributed by atoms with Crippen molar-refractivity contribution in [1.82, 2.24) is 10.3 Å². The second kappa shape index (κ2) is 6.48. The number of pyridine rings is 1. The maximum Gasteiger partial charge on any atom is 0.251 e.